The van der Waals surface area contributed by atoms with E-state index >= 15 is 0 Å². The number of ether oxygens (including phenoxy) is 1. The van der Waals surface area contributed by atoms with E-state index in [1.165, 1.54) is 13.2 Å². The molecule has 0 spiro atoms. The highest BCUT2D eigenvalue weighted by atomic mass is 16.5. The molecule has 4 nitrogen and oxygen atoms in total. The Balaban J connectivity index is 2.76. The van der Waals surface area contributed by atoms with Crippen molar-refractivity contribution in [3.05, 3.63) is 35.9 Å². The number of carbonyl (C=O) groups excluding carboxylic acids is 1. The fourth-order valence-electron chi connectivity index (χ4n) is 1.47. The molecule has 1 aromatic carbocycles. The maximum Gasteiger partial charge on any atom is 0.338 e. The monoisotopic (exact) mass is 202 g/mol. The van der Waals surface area contributed by atoms with Gasteiger partial charge in [0.15, 0.2) is 0 Å². The third kappa shape index (κ3) is 1.61. The molecule has 0 saturated heterocycles. The number of nitrogens with zero attached hydrogens (tertiary/aromatic N) is 1. The summed E-state index contributed by atoms with van der Waals surface area (Å²) >= 11 is 0. The number of nitrogens with two attached hydrogens (primary N) is 1. The summed E-state index contributed by atoms with van der Waals surface area (Å²) in [4.78, 5) is 15.6. The van der Waals surface area contributed by atoms with Gasteiger partial charge in [0.2, 0.25) is 0 Å². The third-order valence-electron chi connectivity index (χ3n) is 2.14. The van der Waals surface area contributed by atoms with Crippen LogP contribution in [0.1, 0.15) is 10.4 Å². The number of hydrogen-bond donors (Lipinski definition) is 1. The molecular weight excluding hydrogens is 192 g/mol. The summed E-state index contributed by atoms with van der Waals surface area (Å²) in [6.07, 6.45) is 0. The number of esters is 1. The lowest BCUT2D eigenvalue weighted by Crippen LogP contribution is -2.04. The molecule has 15 heavy (non-hydrogen) atoms. The summed E-state index contributed by atoms with van der Waals surface area (Å²) < 4.78 is 4.68. The molecular formula is C11H10N2O2. The predicted octanol–water partition coefficient (Wildman–Crippen LogP) is 1.60. The topological polar surface area (TPSA) is 65.2 Å². The molecule has 0 aliphatic carbocycles. The second-order valence-electron chi connectivity index (χ2n) is 3.10. The van der Waals surface area contributed by atoms with E-state index in [-0.39, 0.29) is 0 Å². The second kappa shape index (κ2) is 3.57. The number of aromatic nitrogens is 1. The summed E-state index contributed by atoms with van der Waals surface area (Å²) in [7, 11) is 1.34. The number of rotatable bonds is 1. The summed E-state index contributed by atoms with van der Waals surface area (Å²) in [6, 6.07) is 8.82. The van der Waals surface area contributed by atoms with Crippen molar-refractivity contribution in [2.24, 2.45) is 0 Å². The van der Waals surface area contributed by atoms with Gasteiger partial charge in [-0.05, 0) is 12.1 Å². The maximum atomic E-state index is 11.5. The number of carbonyl (C=O) groups is 1. The van der Waals surface area contributed by atoms with Gasteiger partial charge in [-0.25, -0.2) is 9.78 Å². The average Bonchev–Trinajstić information content (AvgIpc) is 2.26. The molecule has 0 saturated carbocycles. The zero-order chi connectivity index (χ0) is 10.8. The Labute approximate surface area is 86.7 Å². The minimum Gasteiger partial charge on any atom is -0.465 e. The van der Waals surface area contributed by atoms with E-state index in [1.807, 2.05) is 18.2 Å². The Kier molecular flexibility index (Phi) is 2.25. The Bertz CT molecular complexity index is 523. The fraction of sp³-hybridized carbons (Fsp3) is 0.0909. The minimum atomic E-state index is -0.402. The van der Waals surface area contributed by atoms with E-state index in [2.05, 4.69) is 9.72 Å². The van der Waals surface area contributed by atoms with Gasteiger partial charge in [-0.1, -0.05) is 18.2 Å². The van der Waals surface area contributed by atoms with Gasteiger partial charge in [0.25, 0.3) is 0 Å². The van der Waals surface area contributed by atoms with Gasteiger partial charge in [-0.3, -0.25) is 0 Å². The van der Waals surface area contributed by atoms with Crippen LogP contribution in [0, 0.1) is 0 Å². The zero-order valence-electron chi connectivity index (χ0n) is 8.23. The van der Waals surface area contributed by atoms with E-state index in [4.69, 9.17) is 5.73 Å². The van der Waals surface area contributed by atoms with E-state index in [0.29, 0.717) is 16.9 Å². The maximum absolute atomic E-state index is 11.5. The van der Waals surface area contributed by atoms with Crippen molar-refractivity contribution >= 4 is 22.7 Å². The SMILES string of the molecule is COC(=O)c1cc(N)nc2ccccc12. The van der Waals surface area contributed by atoms with Gasteiger partial charge in [0.1, 0.15) is 5.82 Å². The van der Waals surface area contributed by atoms with Crippen LogP contribution in [0.5, 0.6) is 0 Å². The first-order valence-electron chi connectivity index (χ1n) is 4.46. The lowest BCUT2D eigenvalue weighted by molar-refractivity contribution is 0.0603. The summed E-state index contributed by atoms with van der Waals surface area (Å²) in [6.45, 7) is 0. The molecule has 0 amide bonds. The first kappa shape index (κ1) is 9.45. The number of anilines is 1. The largest absolute Gasteiger partial charge is 0.465 e. The molecule has 4 heteroatoms. The van der Waals surface area contributed by atoms with E-state index in [1.54, 1.807) is 6.07 Å². The van der Waals surface area contributed by atoms with Gasteiger partial charge < -0.3 is 10.5 Å². The summed E-state index contributed by atoms with van der Waals surface area (Å²) in [5.74, 6) is -0.0885. The van der Waals surface area contributed by atoms with Crippen LogP contribution in [-0.4, -0.2) is 18.1 Å². The lowest BCUT2D eigenvalue weighted by atomic mass is 10.1. The van der Waals surface area contributed by atoms with Crippen molar-refractivity contribution < 1.29 is 9.53 Å². The fourth-order valence-corrected chi connectivity index (χ4v) is 1.47. The molecule has 0 fully saturated rings. The van der Waals surface area contributed by atoms with Crippen LogP contribution in [-0.2, 0) is 4.74 Å². The molecule has 0 radical (unpaired) electrons. The molecule has 2 N–H and O–H groups in total. The number of pyridine rings is 1. The lowest BCUT2D eigenvalue weighted by Gasteiger charge is -2.05. The third-order valence-corrected chi connectivity index (χ3v) is 2.14. The van der Waals surface area contributed by atoms with Crippen LogP contribution in [0.2, 0.25) is 0 Å². The number of fused-ring (bicyclic) bond motifs is 1. The molecule has 2 rings (SSSR count). The molecule has 0 bridgehead atoms. The molecule has 2 aromatic rings. The molecule has 0 aliphatic rings. The van der Waals surface area contributed by atoms with E-state index < -0.39 is 5.97 Å². The molecule has 1 aromatic heterocycles. The predicted molar refractivity (Wildman–Crippen MR) is 57.5 cm³/mol. The van der Waals surface area contributed by atoms with Crippen molar-refractivity contribution in [3.8, 4) is 0 Å². The van der Waals surface area contributed by atoms with Crippen LogP contribution in [0.15, 0.2) is 30.3 Å². The summed E-state index contributed by atoms with van der Waals surface area (Å²) in [5, 5.41) is 0.749. The first-order valence-corrected chi connectivity index (χ1v) is 4.46. The first-order chi connectivity index (χ1) is 7.22. The van der Waals surface area contributed by atoms with Crippen molar-refractivity contribution in [1.82, 2.24) is 4.98 Å². The van der Waals surface area contributed by atoms with Crippen molar-refractivity contribution in [1.29, 1.82) is 0 Å². The molecule has 76 valence electrons. The Morgan fingerprint density at radius 3 is 2.87 bits per heavy atom. The van der Waals surface area contributed by atoms with Crippen LogP contribution < -0.4 is 5.73 Å². The number of methoxy groups -OCH3 is 1. The quantitative estimate of drug-likeness (QED) is 0.713. The average molecular weight is 202 g/mol. The Morgan fingerprint density at radius 2 is 2.13 bits per heavy atom. The van der Waals surface area contributed by atoms with Gasteiger partial charge in [0, 0.05) is 5.39 Å². The van der Waals surface area contributed by atoms with Gasteiger partial charge >= 0.3 is 5.97 Å². The second-order valence-corrected chi connectivity index (χ2v) is 3.10. The number of benzene rings is 1. The smallest absolute Gasteiger partial charge is 0.338 e. The molecule has 1 heterocycles. The molecule has 0 atom stereocenters. The molecule has 0 aliphatic heterocycles. The van der Waals surface area contributed by atoms with Crippen LogP contribution in [0.4, 0.5) is 5.82 Å². The van der Waals surface area contributed by atoms with Crippen LogP contribution >= 0.6 is 0 Å². The minimum absolute atomic E-state index is 0.314. The highest BCUT2D eigenvalue weighted by Gasteiger charge is 2.11. The van der Waals surface area contributed by atoms with Gasteiger partial charge in [-0.15, -0.1) is 0 Å². The highest BCUT2D eigenvalue weighted by Crippen LogP contribution is 2.19. The van der Waals surface area contributed by atoms with Crippen molar-refractivity contribution in [3.63, 3.8) is 0 Å². The number of para-hydroxylation sites is 1. The van der Waals surface area contributed by atoms with Gasteiger partial charge in [-0.2, -0.15) is 0 Å². The standard InChI is InChI=1S/C11H10N2O2/c1-15-11(14)8-6-10(12)13-9-5-3-2-4-7(8)9/h2-6H,1H3,(H2,12,13). The highest BCUT2D eigenvalue weighted by molar-refractivity contribution is 6.04. The zero-order valence-corrected chi connectivity index (χ0v) is 8.23. The van der Waals surface area contributed by atoms with Crippen molar-refractivity contribution in [2.45, 2.75) is 0 Å². The Morgan fingerprint density at radius 1 is 1.40 bits per heavy atom. The Hall–Kier alpha value is -2.10. The van der Waals surface area contributed by atoms with Gasteiger partial charge in [0.05, 0.1) is 18.2 Å². The normalized spacial score (nSPS) is 10.2. The number of nitrogen functional groups attached to an aromatic ring is 1. The molecule has 0 unspecified atom stereocenters. The summed E-state index contributed by atoms with van der Waals surface area (Å²) in [5.41, 5.74) is 6.74. The van der Waals surface area contributed by atoms with Crippen molar-refractivity contribution in [2.75, 3.05) is 12.8 Å². The van der Waals surface area contributed by atoms with E-state index in [0.717, 1.165) is 5.39 Å². The van der Waals surface area contributed by atoms with Crippen LogP contribution in [0.3, 0.4) is 0 Å². The number of hydrogen-bond acceptors (Lipinski definition) is 4. The van der Waals surface area contributed by atoms with Crippen LogP contribution in [0.25, 0.3) is 10.9 Å². The van der Waals surface area contributed by atoms with E-state index in [9.17, 15) is 4.79 Å².